The van der Waals surface area contributed by atoms with Crippen LogP contribution in [0.4, 0.5) is 11.4 Å². The number of methoxy groups -OCH3 is 1. The molecule has 10 nitrogen and oxygen atoms in total. The summed E-state index contributed by atoms with van der Waals surface area (Å²) in [5, 5.41) is 14.8. The summed E-state index contributed by atoms with van der Waals surface area (Å²) in [6, 6.07) is 17.3. The normalized spacial score (nSPS) is 11.3. The van der Waals surface area contributed by atoms with E-state index in [2.05, 4.69) is 10.6 Å². The predicted octanol–water partition coefficient (Wildman–Crippen LogP) is 5.07. The summed E-state index contributed by atoms with van der Waals surface area (Å²) in [5.41, 5.74) is 2.18. The minimum absolute atomic E-state index is 0.0519. The van der Waals surface area contributed by atoms with Crippen molar-refractivity contribution in [1.82, 2.24) is 4.57 Å². The Bertz CT molecular complexity index is 1710. The van der Waals surface area contributed by atoms with E-state index in [0.29, 0.717) is 45.1 Å². The van der Waals surface area contributed by atoms with E-state index < -0.39 is 23.5 Å². The molecule has 0 saturated heterocycles. The minimum Gasteiger partial charge on any atom is -0.495 e. The van der Waals surface area contributed by atoms with Gasteiger partial charge in [-0.1, -0.05) is 23.7 Å². The van der Waals surface area contributed by atoms with E-state index in [-0.39, 0.29) is 23.5 Å². The fourth-order valence-electron chi connectivity index (χ4n) is 4.46. The quantitative estimate of drug-likeness (QED) is 0.164. The summed E-state index contributed by atoms with van der Waals surface area (Å²) < 4.78 is 6.84. The molecule has 3 aromatic carbocycles. The number of carbonyl (C=O) groups is 4. The first-order valence-corrected chi connectivity index (χ1v) is 13.0. The maximum Gasteiger partial charge on any atom is 0.335 e. The topological polar surface area (TPSA) is 144 Å². The van der Waals surface area contributed by atoms with Crippen LogP contribution < -0.4 is 20.9 Å². The van der Waals surface area contributed by atoms with Gasteiger partial charge in [-0.3, -0.25) is 23.7 Å². The molecule has 214 valence electrons. The van der Waals surface area contributed by atoms with Crippen molar-refractivity contribution in [3.05, 3.63) is 111 Å². The van der Waals surface area contributed by atoms with Crippen LogP contribution in [-0.2, 0) is 16.0 Å². The van der Waals surface area contributed by atoms with Gasteiger partial charge in [0.15, 0.2) is 5.78 Å². The Kier molecular flexibility index (Phi) is 9.18. The van der Waals surface area contributed by atoms with Gasteiger partial charge in [0.1, 0.15) is 11.8 Å². The first-order valence-electron chi connectivity index (χ1n) is 12.7. The third-order valence-corrected chi connectivity index (χ3v) is 6.80. The molecule has 0 fully saturated rings. The largest absolute Gasteiger partial charge is 0.495 e. The number of anilines is 2. The Morgan fingerprint density at radius 2 is 1.64 bits per heavy atom. The molecule has 3 N–H and O–H groups in total. The number of Topliss-reactive ketones (excluding diaryl/α,β-unsaturated/α-hetero) is 1. The van der Waals surface area contributed by atoms with Crippen LogP contribution in [0, 0.1) is 0 Å². The molecule has 0 bridgehead atoms. The molecule has 2 amide bonds. The number of aromatic carboxylic acids is 1. The monoisotopic (exact) mass is 587 g/mol. The fraction of sp³-hybridized carbons (Fsp3) is 0.129. The minimum atomic E-state index is -1.11. The van der Waals surface area contributed by atoms with E-state index in [1.807, 2.05) is 0 Å². The molecule has 11 heteroatoms. The molecule has 0 saturated carbocycles. The SMILES string of the molecule is COc1cn(C(Cc2ccc(NC=O)cc2)C(=O)Nc2ccc(C(=O)O)cc2)c(=O)cc1-c1cc(Cl)ccc1C(C)=O. The number of pyridine rings is 1. The maximum absolute atomic E-state index is 13.7. The third-order valence-electron chi connectivity index (χ3n) is 6.56. The second-order valence-electron chi connectivity index (χ2n) is 9.30. The number of rotatable bonds is 11. The molecular formula is C31H26ClN3O7. The zero-order valence-corrected chi connectivity index (χ0v) is 23.3. The average molecular weight is 588 g/mol. The second-order valence-corrected chi connectivity index (χ2v) is 9.73. The maximum atomic E-state index is 13.7. The van der Waals surface area contributed by atoms with Crippen LogP contribution in [-0.4, -0.2) is 40.9 Å². The Labute approximate surface area is 245 Å². The van der Waals surface area contributed by atoms with Crippen molar-refractivity contribution >= 4 is 47.0 Å². The van der Waals surface area contributed by atoms with Crippen LogP contribution in [0.5, 0.6) is 5.75 Å². The van der Waals surface area contributed by atoms with Crippen molar-refractivity contribution < 1.29 is 29.0 Å². The van der Waals surface area contributed by atoms with E-state index in [1.165, 1.54) is 55.1 Å². The van der Waals surface area contributed by atoms with Crippen molar-refractivity contribution in [2.24, 2.45) is 0 Å². The van der Waals surface area contributed by atoms with Crippen LogP contribution in [0.25, 0.3) is 11.1 Å². The highest BCUT2D eigenvalue weighted by molar-refractivity contribution is 6.31. The number of amides is 2. The first kappa shape index (κ1) is 29.8. The summed E-state index contributed by atoms with van der Waals surface area (Å²) in [7, 11) is 1.41. The number of nitrogens with zero attached hydrogens (tertiary/aromatic N) is 1. The molecule has 1 heterocycles. The van der Waals surface area contributed by atoms with Crippen LogP contribution in [0.1, 0.15) is 39.2 Å². The van der Waals surface area contributed by atoms with Crippen molar-refractivity contribution in [1.29, 1.82) is 0 Å². The summed E-state index contributed by atoms with van der Waals surface area (Å²) in [5.74, 6) is -1.65. The van der Waals surface area contributed by atoms with E-state index >= 15 is 0 Å². The van der Waals surface area contributed by atoms with Crippen molar-refractivity contribution in [2.45, 2.75) is 19.4 Å². The van der Waals surface area contributed by atoms with Gasteiger partial charge in [0.05, 0.1) is 18.9 Å². The van der Waals surface area contributed by atoms with Gasteiger partial charge >= 0.3 is 5.97 Å². The van der Waals surface area contributed by atoms with Crippen LogP contribution in [0.3, 0.4) is 0 Å². The number of ether oxygens (including phenoxy) is 1. The van der Waals surface area contributed by atoms with Gasteiger partial charge in [-0.15, -0.1) is 0 Å². The van der Waals surface area contributed by atoms with Gasteiger partial charge in [0, 0.05) is 40.0 Å². The van der Waals surface area contributed by atoms with Crippen LogP contribution >= 0.6 is 11.6 Å². The molecule has 0 aliphatic heterocycles. The molecule has 42 heavy (non-hydrogen) atoms. The predicted molar refractivity (Wildman–Crippen MR) is 159 cm³/mol. The van der Waals surface area contributed by atoms with E-state index in [0.717, 1.165) is 0 Å². The lowest BCUT2D eigenvalue weighted by atomic mass is 9.97. The molecule has 1 atom stereocenters. The number of carboxylic acids is 1. The fourth-order valence-corrected chi connectivity index (χ4v) is 4.63. The molecule has 0 aliphatic rings. The summed E-state index contributed by atoms with van der Waals surface area (Å²) in [4.78, 5) is 61.6. The number of benzene rings is 3. The first-order chi connectivity index (χ1) is 20.1. The molecule has 1 aromatic heterocycles. The molecular weight excluding hydrogens is 562 g/mol. The smallest absolute Gasteiger partial charge is 0.335 e. The number of aromatic nitrogens is 1. The van der Waals surface area contributed by atoms with Gasteiger partial charge < -0.3 is 20.5 Å². The standard InChI is InChI=1S/C31H26ClN3O7/c1-18(37)24-12-7-21(32)14-25(24)26-15-29(38)35(16-28(26)42-2)27(13-19-3-8-22(9-4-19)33-17-36)30(39)34-23-10-5-20(6-11-23)31(40)41/h3-12,14-17,27H,13H2,1-2H3,(H,33,36)(H,34,39)(H,40,41). The van der Waals surface area contributed by atoms with Crippen LogP contribution in [0.15, 0.2) is 83.8 Å². The van der Waals surface area contributed by atoms with Crippen molar-refractivity contribution in [3.8, 4) is 16.9 Å². The Balaban J connectivity index is 1.79. The summed E-state index contributed by atoms with van der Waals surface area (Å²) in [6.07, 6.45) is 2.03. The number of ketones is 1. The zero-order chi connectivity index (χ0) is 30.4. The molecule has 4 rings (SSSR count). The number of hydrogen-bond donors (Lipinski definition) is 3. The number of halogens is 1. The molecule has 0 radical (unpaired) electrons. The number of carboxylic acid groups (broad SMARTS) is 1. The van der Waals surface area contributed by atoms with Crippen molar-refractivity contribution in [2.75, 3.05) is 17.7 Å². The molecule has 1 unspecified atom stereocenters. The van der Waals surface area contributed by atoms with Crippen molar-refractivity contribution in [3.63, 3.8) is 0 Å². The van der Waals surface area contributed by atoms with Gasteiger partial charge in [0.25, 0.3) is 5.56 Å². The highest BCUT2D eigenvalue weighted by Gasteiger charge is 2.25. The number of carbonyl (C=O) groups excluding carboxylic acids is 3. The van der Waals surface area contributed by atoms with Crippen LogP contribution in [0.2, 0.25) is 5.02 Å². The Morgan fingerprint density at radius 1 is 0.976 bits per heavy atom. The highest BCUT2D eigenvalue weighted by Crippen LogP contribution is 2.34. The second kappa shape index (κ2) is 13.0. The Morgan fingerprint density at radius 3 is 2.24 bits per heavy atom. The number of hydrogen-bond acceptors (Lipinski definition) is 6. The average Bonchev–Trinajstić information content (AvgIpc) is 2.97. The number of nitrogens with one attached hydrogen (secondary N) is 2. The van der Waals surface area contributed by atoms with E-state index in [9.17, 15) is 29.1 Å². The molecule has 0 spiro atoms. The van der Waals surface area contributed by atoms with Gasteiger partial charge in [-0.25, -0.2) is 4.79 Å². The van der Waals surface area contributed by atoms with E-state index in [1.54, 1.807) is 42.5 Å². The Hall–Kier alpha value is -5.22. The van der Waals surface area contributed by atoms with Gasteiger partial charge in [-0.2, -0.15) is 0 Å². The zero-order valence-electron chi connectivity index (χ0n) is 22.6. The molecule has 4 aromatic rings. The van der Waals surface area contributed by atoms with Gasteiger partial charge in [-0.05, 0) is 72.6 Å². The van der Waals surface area contributed by atoms with E-state index in [4.69, 9.17) is 16.3 Å². The highest BCUT2D eigenvalue weighted by atomic mass is 35.5. The lowest BCUT2D eigenvalue weighted by molar-refractivity contribution is -0.119. The lowest BCUT2D eigenvalue weighted by Gasteiger charge is -2.22. The summed E-state index contributed by atoms with van der Waals surface area (Å²) >= 11 is 6.21. The lowest BCUT2D eigenvalue weighted by Crippen LogP contribution is -2.34. The summed E-state index contributed by atoms with van der Waals surface area (Å²) in [6.45, 7) is 1.40. The molecule has 0 aliphatic carbocycles. The third kappa shape index (κ3) is 6.73. The van der Waals surface area contributed by atoms with Gasteiger partial charge in [0.2, 0.25) is 12.3 Å².